The average molecular weight is 429 g/mol. The summed E-state index contributed by atoms with van der Waals surface area (Å²) in [6.07, 6.45) is 0.920. The lowest BCUT2D eigenvalue weighted by Gasteiger charge is -2.17. The molecule has 2 aromatic carbocycles. The van der Waals surface area contributed by atoms with Crippen LogP contribution in [-0.4, -0.2) is 54.1 Å². The van der Waals surface area contributed by atoms with Crippen molar-refractivity contribution in [3.05, 3.63) is 46.5 Å². The maximum Gasteiger partial charge on any atom is 0.251 e. The van der Waals surface area contributed by atoms with Crippen LogP contribution < -0.4 is 10.1 Å². The van der Waals surface area contributed by atoms with E-state index in [2.05, 4.69) is 34.0 Å². The Labute approximate surface area is 182 Å². The van der Waals surface area contributed by atoms with Gasteiger partial charge in [-0.3, -0.25) is 4.79 Å². The van der Waals surface area contributed by atoms with Crippen LogP contribution in [0.25, 0.3) is 22.4 Å². The molecule has 3 rings (SSSR count). The molecular formula is C23H29ClN4O2. The lowest BCUT2D eigenvalue weighted by molar-refractivity contribution is 0.0951. The zero-order valence-electron chi connectivity index (χ0n) is 18.0. The molecule has 0 atom stereocenters. The van der Waals surface area contributed by atoms with Crippen LogP contribution in [0.15, 0.2) is 30.3 Å². The molecule has 7 heteroatoms. The van der Waals surface area contributed by atoms with E-state index in [0.717, 1.165) is 48.2 Å². The molecule has 0 saturated heterocycles. The number of aromatic nitrogens is 2. The van der Waals surface area contributed by atoms with Crippen molar-refractivity contribution in [2.24, 2.45) is 0 Å². The maximum absolute atomic E-state index is 12.5. The molecule has 0 saturated carbocycles. The fourth-order valence-electron chi connectivity index (χ4n) is 3.44. The van der Waals surface area contributed by atoms with Crippen molar-refractivity contribution in [1.82, 2.24) is 20.2 Å². The number of hydrogen-bond donors (Lipinski definition) is 2. The van der Waals surface area contributed by atoms with Crippen molar-refractivity contribution in [2.45, 2.75) is 27.2 Å². The lowest BCUT2D eigenvalue weighted by atomic mass is 10.1. The Kier molecular flexibility index (Phi) is 7.34. The van der Waals surface area contributed by atoms with E-state index in [1.54, 1.807) is 19.2 Å². The van der Waals surface area contributed by atoms with Gasteiger partial charge in [0, 0.05) is 17.1 Å². The standard InChI is InChI=1S/C23H29ClN4O2/c1-5-28(6-2)11-7-10-25-23(29)16-8-9-17(21(13-16)30-4)22-26-19-12-15(3)18(24)14-20(19)27-22/h8-9,12-14H,5-7,10-11H2,1-4H3,(H,25,29)(H,26,27). The predicted molar refractivity (Wildman–Crippen MR) is 123 cm³/mol. The van der Waals surface area contributed by atoms with Crippen molar-refractivity contribution in [3.8, 4) is 17.1 Å². The van der Waals surface area contributed by atoms with E-state index in [1.165, 1.54) is 0 Å². The quantitative estimate of drug-likeness (QED) is 0.486. The number of benzene rings is 2. The van der Waals surface area contributed by atoms with Gasteiger partial charge < -0.3 is 19.9 Å². The summed E-state index contributed by atoms with van der Waals surface area (Å²) in [5.74, 6) is 1.16. The largest absolute Gasteiger partial charge is 0.496 e. The number of hydrogen-bond acceptors (Lipinski definition) is 4. The summed E-state index contributed by atoms with van der Waals surface area (Å²) in [5, 5.41) is 3.67. The monoisotopic (exact) mass is 428 g/mol. The molecule has 0 aliphatic carbocycles. The number of ether oxygens (including phenoxy) is 1. The smallest absolute Gasteiger partial charge is 0.251 e. The van der Waals surface area contributed by atoms with E-state index in [4.69, 9.17) is 16.3 Å². The Morgan fingerprint density at radius 2 is 2.00 bits per heavy atom. The third-order valence-corrected chi connectivity index (χ3v) is 5.72. The third-order valence-electron chi connectivity index (χ3n) is 5.31. The number of H-pyrrole nitrogens is 1. The number of nitrogens with one attached hydrogen (secondary N) is 2. The third kappa shape index (κ3) is 4.94. The lowest BCUT2D eigenvalue weighted by Crippen LogP contribution is -2.29. The van der Waals surface area contributed by atoms with Crippen molar-refractivity contribution < 1.29 is 9.53 Å². The van der Waals surface area contributed by atoms with Crippen LogP contribution in [0.1, 0.15) is 36.2 Å². The molecule has 1 aromatic heterocycles. The molecule has 0 aliphatic rings. The van der Waals surface area contributed by atoms with Gasteiger partial charge in [0.15, 0.2) is 0 Å². The number of carbonyl (C=O) groups is 1. The van der Waals surface area contributed by atoms with Crippen LogP contribution in [-0.2, 0) is 0 Å². The molecule has 160 valence electrons. The highest BCUT2D eigenvalue weighted by molar-refractivity contribution is 6.32. The van der Waals surface area contributed by atoms with Crippen molar-refractivity contribution >= 4 is 28.5 Å². The van der Waals surface area contributed by atoms with Crippen LogP contribution in [0, 0.1) is 6.92 Å². The molecule has 2 N–H and O–H groups in total. The number of halogens is 1. The number of nitrogens with zero attached hydrogens (tertiary/aromatic N) is 2. The van der Waals surface area contributed by atoms with E-state index >= 15 is 0 Å². The van der Waals surface area contributed by atoms with Gasteiger partial charge in [0.1, 0.15) is 11.6 Å². The SMILES string of the molecule is CCN(CC)CCCNC(=O)c1ccc(-c2nc3cc(Cl)c(C)cc3[nH]2)c(OC)c1. The van der Waals surface area contributed by atoms with Crippen LogP contribution in [0.4, 0.5) is 0 Å². The Morgan fingerprint density at radius 1 is 1.23 bits per heavy atom. The van der Waals surface area contributed by atoms with Gasteiger partial charge in [0.25, 0.3) is 5.91 Å². The number of fused-ring (bicyclic) bond motifs is 1. The number of methoxy groups -OCH3 is 1. The van der Waals surface area contributed by atoms with E-state index in [0.29, 0.717) is 28.7 Å². The Balaban J connectivity index is 1.74. The number of rotatable bonds is 9. The van der Waals surface area contributed by atoms with Gasteiger partial charge >= 0.3 is 0 Å². The van der Waals surface area contributed by atoms with Gasteiger partial charge in [0.05, 0.1) is 23.7 Å². The minimum absolute atomic E-state index is 0.105. The summed E-state index contributed by atoms with van der Waals surface area (Å²) >= 11 is 6.22. The fraction of sp³-hybridized carbons (Fsp3) is 0.391. The second kappa shape index (κ2) is 9.96. The molecule has 0 spiro atoms. The second-order valence-corrected chi connectivity index (χ2v) is 7.66. The van der Waals surface area contributed by atoms with Crippen molar-refractivity contribution in [1.29, 1.82) is 0 Å². The van der Waals surface area contributed by atoms with Gasteiger partial charge in [-0.25, -0.2) is 4.98 Å². The molecule has 1 heterocycles. The van der Waals surface area contributed by atoms with E-state index in [1.807, 2.05) is 25.1 Å². The summed E-state index contributed by atoms with van der Waals surface area (Å²) in [6.45, 7) is 9.92. The van der Waals surface area contributed by atoms with Crippen LogP contribution >= 0.6 is 11.6 Å². The molecule has 0 unspecified atom stereocenters. The second-order valence-electron chi connectivity index (χ2n) is 7.26. The Bertz CT molecular complexity index is 988. The van der Waals surface area contributed by atoms with Crippen molar-refractivity contribution in [2.75, 3.05) is 33.3 Å². The maximum atomic E-state index is 12.5. The van der Waals surface area contributed by atoms with Gasteiger partial charge in [-0.15, -0.1) is 0 Å². The zero-order chi connectivity index (χ0) is 21.7. The number of aromatic amines is 1. The van der Waals surface area contributed by atoms with Crippen LogP contribution in [0.5, 0.6) is 5.75 Å². The van der Waals surface area contributed by atoms with E-state index < -0.39 is 0 Å². The molecule has 0 fully saturated rings. The van der Waals surface area contributed by atoms with E-state index in [9.17, 15) is 4.79 Å². The first-order valence-corrected chi connectivity index (χ1v) is 10.7. The molecule has 30 heavy (non-hydrogen) atoms. The highest BCUT2D eigenvalue weighted by atomic mass is 35.5. The Morgan fingerprint density at radius 3 is 2.70 bits per heavy atom. The number of aryl methyl sites for hydroxylation is 1. The minimum atomic E-state index is -0.105. The van der Waals surface area contributed by atoms with E-state index in [-0.39, 0.29) is 5.91 Å². The number of imidazole rings is 1. The molecule has 0 bridgehead atoms. The first-order chi connectivity index (χ1) is 14.5. The van der Waals surface area contributed by atoms with Crippen LogP contribution in [0.2, 0.25) is 5.02 Å². The van der Waals surface area contributed by atoms with Gasteiger partial charge in [0.2, 0.25) is 0 Å². The zero-order valence-corrected chi connectivity index (χ0v) is 18.8. The minimum Gasteiger partial charge on any atom is -0.496 e. The number of amides is 1. The van der Waals surface area contributed by atoms with Crippen LogP contribution in [0.3, 0.4) is 0 Å². The average Bonchev–Trinajstić information content (AvgIpc) is 3.15. The predicted octanol–water partition coefficient (Wildman–Crippen LogP) is 4.66. The molecule has 0 radical (unpaired) electrons. The first kappa shape index (κ1) is 22.1. The summed E-state index contributed by atoms with van der Waals surface area (Å²) in [6, 6.07) is 9.22. The van der Waals surface area contributed by atoms with Gasteiger partial charge in [-0.05, 0) is 68.9 Å². The molecular weight excluding hydrogens is 400 g/mol. The number of carbonyl (C=O) groups excluding carboxylic acids is 1. The molecule has 6 nitrogen and oxygen atoms in total. The van der Waals surface area contributed by atoms with Gasteiger partial charge in [-0.2, -0.15) is 0 Å². The topological polar surface area (TPSA) is 70.2 Å². The van der Waals surface area contributed by atoms with Gasteiger partial charge in [-0.1, -0.05) is 25.4 Å². The normalized spacial score (nSPS) is 11.3. The highest BCUT2D eigenvalue weighted by Crippen LogP contribution is 2.31. The summed E-state index contributed by atoms with van der Waals surface area (Å²) in [7, 11) is 1.59. The van der Waals surface area contributed by atoms with Crippen molar-refractivity contribution in [3.63, 3.8) is 0 Å². The fourth-order valence-corrected chi connectivity index (χ4v) is 3.60. The molecule has 0 aliphatic heterocycles. The summed E-state index contributed by atoms with van der Waals surface area (Å²) < 4.78 is 5.55. The molecule has 1 amide bonds. The first-order valence-electron chi connectivity index (χ1n) is 10.3. The summed E-state index contributed by atoms with van der Waals surface area (Å²) in [4.78, 5) is 22.8. The Hall–Kier alpha value is -2.57. The molecule has 3 aromatic rings. The summed E-state index contributed by atoms with van der Waals surface area (Å²) in [5.41, 5.74) is 4.04. The highest BCUT2D eigenvalue weighted by Gasteiger charge is 2.15.